The molecule has 0 saturated heterocycles. The van der Waals surface area contributed by atoms with Crippen molar-refractivity contribution in [1.29, 1.82) is 0 Å². The van der Waals surface area contributed by atoms with Gasteiger partial charge in [-0.3, -0.25) is 0 Å². The SMILES string of the molecule is Bc1cc(B)c(O)c(CNc2ccc(C)cc2)c1. The third-order valence-electron chi connectivity index (χ3n) is 3.06. The van der Waals surface area contributed by atoms with Crippen LogP contribution in [0, 0.1) is 6.92 Å². The number of hydrogen-bond donors (Lipinski definition) is 2. The molecule has 0 aliphatic rings. The normalized spacial score (nSPS) is 10.3. The van der Waals surface area contributed by atoms with Crippen molar-refractivity contribution in [1.82, 2.24) is 0 Å². The summed E-state index contributed by atoms with van der Waals surface area (Å²) in [6, 6.07) is 12.3. The fourth-order valence-electron chi connectivity index (χ4n) is 2.05. The van der Waals surface area contributed by atoms with Crippen molar-refractivity contribution in [3.05, 3.63) is 47.5 Å². The topological polar surface area (TPSA) is 32.3 Å². The molecule has 0 aliphatic heterocycles. The summed E-state index contributed by atoms with van der Waals surface area (Å²) in [4.78, 5) is 0. The number of rotatable bonds is 3. The van der Waals surface area contributed by atoms with Crippen LogP contribution in [0.1, 0.15) is 11.1 Å². The molecule has 2 rings (SSSR count). The Kier molecular flexibility index (Phi) is 3.66. The Morgan fingerprint density at radius 1 is 1.11 bits per heavy atom. The molecular weight excluding hydrogens is 220 g/mol. The molecule has 2 aromatic carbocycles. The van der Waals surface area contributed by atoms with Crippen LogP contribution in [-0.2, 0) is 6.54 Å². The van der Waals surface area contributed by atoms with Crippen molar-refractivity contribution in [2.24, 2.45) is 0 Å². The van der Waals surface area contributed by atoms with Crippen LogP contribution in [0.4, 0.5) is 5.69 Å². The molecule has 0 bridgehead atoms. The Bertz CT molecular complexity index is 552. The van der Waals surface area contributed by atoms with Crippen molar-refractivity contribution in [3.63, 3.8) is 0 Å². The van der Waals surface area contributed by atoms with Gasteiger partial charge in [-0.05, 0) is 24.5 Å². The van der Waals surface area contributed by atoms with Crippen molar-refractivity contribution in [2.45, 2.75) is 13.5 Å². The first-order chi connectivity index (χ1) is 8.56. The highest BCUT2D eigenvalue weighted by atomic mass is 16.3. The van der Waals surface area contributed by atoms with Crippen LogP contribution in [0.2, 0.25) is 0 Å². The molecule has 0 fully saturated rings. The van der Waals surface area contributed by atoms with E-state index in [1.54, 1.807) is 0 Å². The van der Waals surface area contributed by atoms with Gasteiger partial charge in [0.05, 0.1) is 0 Å². The monoisotopic (exact) mass is 237 g/mol. The van der Waals surface area contributed by atoms with Crippen LogP contribution in [0.5, 0.6) is 5.75 Å². The standard InChI is InChI=1S/C14H17B2NO/c1-9-2-4-12(5-3-9)17-8-10-6-11(15)7-13(16)14(10)18/h2-7,17-18H,8,15-16H2,1H3. The predicted octanol–water partition coefficient (Wildman–Crippen LogP) is -0.170. The number of benzene rings is 2. The van der Waals surface area contributed by atoms with E-state index in [-0.39, 0.29) is 0 Å². The van der Waals surface area contributed by atoms with E-state index in [0.717, 1.165) is 16.7 Å². The van der Waals surface area contributed by atoms with Gasteiger partial charge in [-0.15, -0.1) is 0 Å². The maximum absolute atomic E-state index is 10.0. The highest BCUT2D eigenvalue weighted by Gasteiger charge is 2.05. The van der Waals surface area contributed by atoms with E-state index < -0.39 is 0 Å². The van der Waals surface area contributed by atoms with E-state index in [1.807, 2.05) is 27.8 Å². The Hall–Kier alpha value is -1.83. The van der Waals surface area contributed by atoms with Gasteiger partial charge in [0.1, 0.15) is 21.4 Å². The molecule has 0 radical (unpaired) electrons. The van der Waals surface area contributed by atoms with Gasteiger partial charge in [-0.25, -0.2) is 0 Å². The minimum atomic E-state index is 0.389. The zero-order valence-corrected chi connectivity index (χ0v) is 11.1. The lowest BCUT2D eigenvalue weighted by atomic mass is 9.84. The molecule has 0 spiro atoms. The first-order valence-electron chi connectivity index (χ1n) is 6.16. The number of anilines is 1. The zero-order valence-electron chi connectivity index (χ0n) is 11.1. The largest absolute Gasteiger partial charge is 0.508 e. The van der Waals surface area contributed by atoms with Crippen LogP contribution in [0.15, 0.2) is 36.4 Å². The number of hydrogen-bond acceptors (Lipinski definition) is 2. The van der Waals surface area contributed by atoms with Crippen LogP contribution in [0.25, 0.3) is 0 Å². The van der Waals surface area contributed by atoms with Gasteiger partial charge < -0.3 is 10.4 Å². The molecule has 4 heteroatoms. The number of aryl methyl sites for hydroxylation is 1. The van der Waals surface area contributed by atoms with E-state index in [0.29, 0.717) is 12.3 Å². The lowest BCUT2D eigenvalue weighted by molar-refractivity contribution is 0.473. The van der Waals surface area contributed by atoms with E-state index in [1.165, 1.54) is 11.0 Å². The Labute approximate surface area is 110 Å². The maximum Gasteiger partial charge on any atom is 0.144 e. The molecule has 18 heavy (non-hydrogen) atoms. The fraction of sp³-hybridized carbons (Fsp3) is 0.143. The van der Waals surface area contributed by atoms with Crippen LogP contribution >= 0.6 is 0 Å². The summed E-state index contributed by atoms with van der Waals surface area (Å²) in [5.74, 6) is 0.389. The van der Waals surface area contributed by atoms with Crippen LogP contribution in [0.3, 0.4) is 0 Å². The molecule has 90 valence electrons. The summed E-state index contributed by atoms with van der Waals surface area (Å²) in [5, 5.41) is 13.3. The molecule has 0 unspecified atom stereocenters. The molecule has 0 heterocycles. The van der Waals surface area contributed by atoms with Gasteiger partial charge in [0.25, 0.3) is 0 Å². The second-order valence-corrected chi connectivity index (χ2v) is 4.81. The summed E-state index contributed by atoms with van der Waals surface area (Å²) in [7, 11) is 3.97. The third kappa shape index (κ3) is 2.89. The van der Waals surface area contributed by atoms with Crippen molar-refractivity contribution in [3.8, 4) is 5.75 Å². The predicted molar refractivity (Wildman–Crippen MR) is 83.0 cm³/mol. The molecule has 2 aromatic rings. The molecule has 0 atom stereocenters. The zero-order chi connectivity index (χ0) is 13.1. The van der Waals surface area contributed by atoms with Crippen molar-refractivity contribution >= 4 is 32.3 Å². The van der Waals surface area contributed by atoms with Gasteiger partial charge in [0.15, 0.2) is 0 Å². The van der Waals surface area contributed by atoms with E-state index >= 15 is 0 Å². The number of aromatic hydroxyl groups is 1. The van der Waals surface area contributed by atoms with Crippen LogP contribution in [-0.4, -0.2) is 20.8 Å². The minimum absolute atomic E-state index is 0.389. The Morgan fingerprint density at radius 2 is 1.78 bits per heavy atom. The summed E-state index contributed by atoms with van der Waals surface area (Å²) in [5.41, 5.74) is 5.35. The van der Waals surface area contributed by atoms with E-state index in [2.05, 4.69) is 36.5 Å². The van der Waals surface area contributed by atoms with Gasteiger partial charge in [0, 0.05) is 17.8 Å². The summed E-state index contributed by atoms with van der Waals surface area (Å²) in [6.45, 7) is 2.71. The van der Waals surface area contributed by atoms with Gasteiger partial charge in [-0.1, -0.05) is 35.3 Å². The number of phenols is 1. The number of phenolic OH excluding ortho intramolecular Hbond substituents is 1. The molecule has 2 nitrogen and oxygen atoms in total. The van der Waals surface area contributed by atoms with Gasteiger partial charge in [0.2, 0.25) is 0 Å². The van der Waals surface area contributed by atoms with Gasteiger partial charge in [-0.2, -0.15) is 0 Å². The van der Waals surface area contributed by atoms with Crippen molar-refractivity contribution in [2.75, 3.05) is 5.32 Å². The highest BCUT2D eigenvalue weighted by molar-refractivity contribution is 6.39. The molecule has 0 amide bonds. The quantitative estimate of drug-likeness (QED) is 0.726. The summed E-state index contributed by atoms with van der Waals surface area (Å²) in [6.07, 6.45) is 0. The maximum atomic E-state index is 10.0. The van der Waals surface area contributed by atoms with E-state index in [9.17, 15) is 5.11 Å². The summed E-state index contributed by atoms with van der Waals surface area (Å²) < 4.78 is 0. The second kappa shape index (κ2) is 5.21. The average molecular weight is 237 g/mol. The molecule has 2 N–H and O–H groups in total. The van der Waals surface area contributed by atoms with Gasteiger partial charge >= 0.3 is 0 Å². The lowest BCUT2D eigenvalue weighted by Crippen LogP contribution is -2.17. The molecule has 0 saturated carbocycles. The minimum Gasteiger partial charge on any atom is -0.508 e. The highest BCUT2D eigenvalue weighted by Crippen LogP contribution is 2.15. The first kappa shape index (κ1) is 12.6. The fourth-order valence-corrected chi connectivity index (χ4v) is 2.05. The second-order valence-electron chi connectivity index (χ2n) is 4.81. The van der Waals surface area contributed by atoms with Crippen molar-refractivity contribution < 1.29 is 5.11 Å². The number of nitrogens with one attached hydrogen (secondary N) is 1. The van der Waals surface area contributed by atoms with Crippen LogP contribution < -0.4 is 16.2 Å². The molecule has 0 aliphatic carbocycles. The molecule has 0 aromatic heterocycles. The Balaban J connectivity index is 2.13. The summed E-state index contributed by atoms with van der Waals surface area (Å²) >= 11 is 0. The average Bonchev–Trinajstić information content (AvgIpc) is 2.34. The lowest BCUT2D eigenvalue weighted by Gasteiger charge is -2.11. The smallest absolute Gasteiger partial charge is 0.144 e. The molecular formula is C14H17B2NO. The third-order valence-corrected chi connectivity index (χ3v) is 3.06. The first-order valence-corrected chi connectivity index (χ1v) is 6.16. The van der Waals surface area contributed by atoms with E-state index in [4.69, 9.17) is 0 Å². The Morgan fingerprint density at radius 3 is 2.44 bits per heavy atom.